The number of β-amino-alcohol motifs (C(OH)–C–C–N with tert-alkyl or cyclic N) is 2. The van der Waals surface area contributed by atoms with Crippen LogP contribution in [0.1, 0.15) is 10.5 Å². The lowest BCUT2D eigenvalue weighted by Gasteiger charge is -2.15. The van der Waals surface area contributed by atoms with E-state index in [-0.39, 0.29) is 24.3 Å². The Balaban J connectivity index is 2.05. The van der Waals surface area contributed by atoms with E-state index in [1.54, 1.807) is 24.3 Å². The lowest BCUT2D eigenvalue weighted by Crippen LogP contribution is -2.31. The summed E-state index contributed by atoms with van der Waals surface area (Å²) in [6, 6.07) is 6.68. The fourth-order valence-corrected chi connectivity index (χ4v) is 2.36. The third-order valence-electron chi connectivity index (χ3n) is 3.44. The van der Waals surface area contributed by atoms with Crippen LogP contribution in [0.5, 0.6) is 0 Å². The van der Waals surface area contributed by atoms with Gasteiger partial charge in [-0.25, -0.2) is 5.10 Å². The van der Waals surface area contributed by atoms with E-state index in [1.165, 1.54) is 4.90 Å². The Morgan fingerprint density at radius 1 is 1.20 bits per heavy atom. The predicted octanol–water partition coefficient (Wildman–Crippen LogP) is -0.899. The van der Waals surface area contributed by atoms with Crippen molar-refractivity contribution >= 4 is 16.7 Å². The maximum atomic E-state index is 12.4. The zero-order valence-corrected chi connectivity index (χ0v) is 10.5. The van der Waals surface area contributed by atoms with Gasteiger partial charge in [0.15, 0.2) is 5.69 Å². The minimum Gasteiger partial charge on any atom is -0.388 e. The van der Waals surface area contributed by atoms with Gasteiger partial charge in [-0.1, -0.05) is 18.2 Å². The van der Waals surface area contributed by atoms with Crippen LogP contribution in [0.3, 0.4) is 0 Å². The molecule has 1 saturated heterocycles. The monoisotopic (exact) mass is 275 g/mol. The van der Waals surface area contributed by atoms with Gasteiger partial charge in [-0.05, 0) is 6.07 Å². The highest BCUT2D eigenvalue weighted by atomic mass is 16.3. The Bertz CT molecular complexity index is 717. The van der Waals surface area contributed by atoms with E-state index in [0.29, 0.717) is 10.8 Å². The number of hydrogen-bond acceptors (Lipinski definition) is 5. The van der Waals surface area contributed by atoms with Gasteiger partial charge in [0.2, 0.25) is 0 Å². The van der Waals surface area contributed by atoms with Crippen LogP contribution in [-0.2, 0) is 0 Å². The zero-order chi connectivity index (χ0) is 14.3. The van der Waals surface area contributed by atoms with Gasteiger partial charge in [-0.2, -0.15) is 5.10 Å². The molecule has 2 heterocycles. The number of hydrogen-bond donors (Lipinski definition) is 3. The smallest absolute Gasteiger partial charge is 0.275 e. The van der Waals surface area contributed by atoms with Crippen molar-refractivity contribution in [2.24, 2.45) is 0 Å². The molecule has 0 aliphatic carbocycles. The number of nitrogens with one attached hydrogen (secondary N) is 1. The summed E-state index contributed by atoms with van der Waals surface area (Å²) in [6.07, 6.45) is -1.90. The molecular formula is C13H13N3O4. The van der Waals surface area contributed by atoms with E-state index in [1.807, 2.05) is 0 Å². The maximum Gasteiger partial charge on any atom is 0.275 e. The van der Waals surface area contributed by atoms with Gasteiger partial charge in [-0.3, -0.25) is 9.59 Å². The molecule has 1 aromatic carbocycles. The summed E-state index contributed by atoms with van der Waals surface area (Å²) in [4.78, 5) is 25.4. The highest BCUT2D eigenvalue weighted by Crippen LogP contribution is 2.18. The van der Waals surface area contributed by atoms with E-state index in [0.717, 1.165) is 0 Å². The molecule has 104 valence electrons. The van der Waals surface area contributed by atoms with E-state index < -0.39 is 18.1 Å². The second kappa shape index (κ2) is 4.69. The summed E-state index contributed by atoms with van der Waals surface area (Å²) >= 11 is 0. The summed E-state index contributed by atoms with van der Waals surface area (Å²) in [5.41, 5.74) is -0.250. The van der Waals surface area contributed by atoms with Crippen LogP contribution in [0.25, 0.3) is 10.8 Å². The van der Waals surface area contributed by atoms with E-state index in [9.17, 15) is 19.8 Å². The molecule has 3 N–H and O–H groups in total. The third kappa shape index (κ3) is 1.97. The molecule has 1 fully saturated rings. The van der Waals surface area contributed by atoms with Crippen molar-refractivity contribution in [1.82, 2.24) is 15.1 Å². The van der Waals surface area contributed by atoms with E-state index in [4.69, 9.17) is 0 Å². The van der Waals surface area contributed by atoms with Gasteiger partial charge in [0.25, 0.3) is 11.5 Å². The molecule has 7 nitrogen and oxygen atoms in total. The molecule has 2 aromatic rings. The number of amides is 1. The second-order valence-electron chi connectivity index (χ2n) is 4.79. The average molecular weight is 275 g/mol. The predicted molar refractivity (Wildman–Crippen MR) is 70.3 cm³/mol. The first kappa shape index (κ1) is 12.8. The van der Waals surface area contributed by atoms with Gasteiger partial charge < -0.3 is 15.1 Å². The molecule has 1 aromatic heterocycles. The first-order valence-electron chi connectivity index (χ1n) is 6.21. The molecule has 2 unspecified atom stereocenters. The highest BCUT2D eigenvalue weighted by Gasteiger charge is 2.34. The van der Waals surface area contributed by atoms with Gasteiger partial charge in [0.1, 0.15) is 0 Å². The molecule has 1 aliphatic rings. The first-order chi connectivity index (χ1) is 9.58. The quantitative estimate of drug-likeness (QED) is 0.625. The number of likely N-dealkylation sites (tertiary alicyclic amines) is 1. The minimum absolute atomic E-state index is 0.0507. The summed E-state index contributed by atoms with van der Waals surface area (Å²) in [6.45, 7) is 0.101. The van der Waals surface area contributed by atoms with Crippen molar-refractivity contribution < 1.29 is 15.0 Å². The number of aliphatic hydroxyl groups excluding tert-OH is 2. The van der Waals surface area contributed by atoms with Gasteiger partial charge in [-0.15, -0.1) is 0 Å². The Labute approximate surface area is 113 Å². The third-order valence-corrected chi connectivity index (χ3v) is 3.44. The normalized spacial score (nSPS) is 22.4. The summed E-state index contributed by atoms with van der Waals surface area (Å²) < 4.78 is 0. The van der Waals surface area contributed by atoms with Crippen molar-refractivity contribution in [2.45, 2.75) is 12.2 Å². The summed E-state index contributed by atoms with van der Waals surface area (Å²) in [5.74, 6) is -0.423. The molecular weight excluding hydrogens is 262 g/mol. The molecule has 0 spiro atoms. The van der Waals surface area contributed by atoms with Crippen LogP contribution in [0, 0.1) is 0 Å². The van der Waals surface area contributed by atoms with Crippen molar-refractivity contribution in [1.29, 1.82) is 0 Å². The Morgan fingerprint density at radius 3 is 2.45 bits per heavy atom. The molecule has 0 bridgehead atoms. The van der Waals surface area contributed by atoms with E-state index in [2.05, 4.69) is 10.2 Å². The fourth-order valence-electron chi connectivity index (χ4n) is 2.36. The van der Waals surface area contributed by atoms with Crippen LogP contribution >= 0.6 is 0 Å². The minimum atomic E-state index is -0.951. The number of carbonyl (C=O) groups is 1. The summed E-state index contributed by atoms with van der Waals surface area (Å²) in [5, 5.41) is 25.9. The molecule has 0 saturated carbocycles. The van der Waals surface area contributed by atoms with Crippen LogP contribution in [-0.4, -0.2) is 56.5 Å². The van der Waals surface area contributed by atoms with Gasteiger partial charge >= 0.3 is 0 Å². The molecule has 2 atom stereocenters. The average Bonchev–Trinajstić information content (AvgIpc) is 2.79. The number of rotatable bonds is 1. The Kier molecular flexibility index (Phi) is 3.00. The van der Waals surface area contributed by atoms with Crippen molar-refractivity contribution in [3.05, 3.63) is 40.3 Å². The van der Waals surface area contributed by atoms with Crippen LogP contribution in [0.4, 0.5) is 0 Å². The van der Waals surface area contributed by atoms with Crippen LogP contribution in [0.15, 0.2) is 29.1 Å². The van der Waals surface area contributed by atoms with E-state index >= 15 is 0 Å². The highest BCUT2D eigenvalue weighted by molar-refractivity contribution is 6.04. The molecule has 0 radical (unpaired) electrons. The number of aromatic amines is 1. The fraction of sp³-hybridized carbons (Fsp3) is 0.308. The standard InChI is InChI=1S/C13H13N3O4/c17-9-5-16(6-10(9)18)13(20)11-7-3-1-2-4-8(7)12(19)15-14-11/h1-4,9-10,17-18H,5-6H2,(H,15,19). The second-order valence-corrected chi connectivity index (χ2v) is 4.79. The lowest BCUT2D eigenvalue weighted by molar-refractivity contribution is 0.0572. The SMILES string of the molecule is O=C(c1n[nH]c(=O)c2ccccc12)N1CC(O)C(O)C1. The number of aromatic nitrogens is 2. The van der Waals surface area contributed by atoms with Crippen molar-refractivity contribution in [3.63, 3.8) is 0 Å². The molecule has 7 heteroatoms. The zero-order valence-electron chi connectivity index (χ0n) is 10.5. The van der Waals surface area contributed by atoms with Crippen LogP contribution in [0.2, 0.25) is 0 Å². The number of carbonyl (C=O) groups excluding carboxylic acids is 1. The largest absolute Gasteiger partial charge is 0.388 e. The number of nitrogens with zero attached hydrogens (tertiary/aromatic N) is 2. The van der Waals surface area contributed by atoms with Gasteiger partial charge in [0.05, 0.1) is 17.6 Å². The first-order valence-corrected chi connectivity index (χ1v) is 6.21. The molecule has 20 heavy (non-hydrogen) atoms. The molecule has 1 aliphatic heterocycles. The lowest BCUT2D eigenvalue weighted by atomic mass is 10.1. The Morgan fingerprint density at radius 2 is 1.80 bits per heavy atom. The maximum absolute atomic E-state index is 12.4. The number of H-pyrrole nitrogens is 1. The van der Waals surface area contributed by atoms with Crippen LogP contribution < -0.4 is 5.56 Å². The summed E-state index contributed by atoms with van der Waals surface area (Å²) in [7, 11) is 0. The van der Waals surface area contributed by atoms with Gasteiger partial charge in [0, 0.05) is 18.5 Å². The van der Waals surface area contributed by atoms with Crippen molar-refractivity contribution in [3.8, 4) is 0 Å². The Hall–Kier alpha value is -2.25. The topological polar surface area (TPSA) is 107 Å². The molecule has 3 rings (SSSR count). The molecule has 1 amide bonds. The number of fused-ring (bicyclic) bond motifs is 1. The van der Waals surface area contributed by atoms with Crippen molar-refractivity contribution in [2.75, 3.05) is 13.1 Å². The number of aliphatic hydroxyl groups is 2. The number of benzene rings is 1.